The highest BCUT2D eigenvalue weighted by molar-refractivity contribution is 5.37. The van der Waals surface area contributed by atoms with Gasteiger partial charge in [0.15, 0.2) is 0 Å². The fraction of sp³-hybridized carbons (Fsp3) is 0.526. The minimum atomic E-state index is -0.00673. The van der Waals surface area contributed by atoms with Gasteiger partial charge in [0.2, 0.25) is 5.95 Å². The molecule has 6 nitrogen and oxygen atoms in total. The van der Waals surface area contributed by atoms with Crippen molar-refractivity contribution in [1.29, 1.82) is 0 Å². The van der Waals surface area contributed by atoms with E-state index in [1.807, 2.05) is 18.2 Å². The van der Waals surface area contributed by atoms with Gasteiger partial charge >= 0.3 is 0 Å². The average molecular weight is 340 g/mol. The minimum absolute atomic E-state index is 0.00673. The largest absolute Gasteiger partial charge is 0.377 e. The summed E-state index contributed by atoms with van der Waals surface area (Å²) in [6.07, 6.45) is 10.5. The lowest BCUT2D eigenvalue weighted by Gasteiger charge is -2.53. The van der Waals surface area contributed by atoms with E-state index in [9.17, 15) is 0 Å². The average Bonchev–Trinajstić information content (AvgIpc) is 2.65. The number of rotatable bonds is 6. The van der Waals surface area contributed by atoms with Crippen molar-refractivity contribution in [3.63, 3.8) is 0 Å². The third kappa shape index (κ3) is 3.96. The van der Waals surface area contributed by atoms with Crippen molar-refractivity contribution < 1.29 is 9.47 Å². The van der Waals surface area contributed by atoms with E-state index in [-0.39, 0.29) is 5.60 Å². The van der Waals surface area contributed by atoms with Crippen molar-refractivity contribution in [3.05, 3.63) is 48.5 Å². The second kappa shape index (κ2) is 7.45. The lowest BCUT2D eigenvalue weighted by molar-refractivity contribution is -0.116. The summed E-state index contributed by atoms with van der Waals surface area (Å²) in [4.78, 5) is 14.9. The van der Waals surface area contributed by atoms with Gasteiger partial charge in [-0.2, -0.15) is 0 Å². The Morgan fingerprint density at radius 2 is 1.96 bits per heavy atom. The molecule has 0 amide bonds. The van der Waals surface area contributed by atoms with Crippen LogP contribution in [0.2, 0.25) is 0 Å². The van der Waals surface area contributed by atoms with Crippen LogP contribution >= 0.6 is 0 Å². The van der Waals surface area contributed by atoms with Crippen LogP contribution < -0.4 is 4.90 Å². The quantitative estimate of drug-likeness (QED) is 0.753. The summed E-state index contributed by atoms with van der Waals surface area (Å²) in [5, 5.41) is 0. The molecule has 2 aliphatic rings. The molecule has 0 radical (unpaired) electrons. The number of aromatic nitrogens is 3. The molecule has 1 spiro atoms. The number of hydrogen-bond donors (Lipinski definition) is 0. The highest BCUT2D eigenvalue weighted by Crippen LogP contribution is 2.39. The van der Waals surface area contributed by atoms with Crippen LogP contribution in [0.25, 0.3) is 0 Å². The Labute approximate surface area is 148 Å². The van der Waals surface area contributed by atoms with Crippen molar-refractivity contribution in [2.45, 2.75) is 31.5 Å². The van der Waals surface area contributed by atoms with Crippen molar-refractivity contribution >= 4 is 5.95 Å². The Morgan fingerprint density at radius 3 is 2.76 bits per heavy atom. The van der Waals surface area contributed by atoms with Crippen LogP contribution in [0.4, 0.5) is 5.95 Å². The minimum Gasteiger partial charge on any atom is -0.377 e. The monoisotopic (exact) mass is 340 g/mol. The highest BCUT2D eigenvalue weighted by atomic mass is 16.5. The summed E-state index contributed by atoms with van der Waals surface area (Å²) >= 11 is 0. The molecule has 25 heavy (non-hydrogen) atoms. The number of pyridine rings is 1. The van der Waals surface area contributed by atoms with Gasteiger partial charge in [0.05, 0.1) is 19.7 Å². The smallest absolute Gasteiger partial charge is 0.225 e. The molecule has 0 aliphatic carbocycles. The molecule has 132 valence electrons. The lowest BCUT2D eigenvalue weighted by atomic mass is 9.79. The number of hydrogen-bond acceptors (Lipinski definition) is 6. The molecule has 2 fully saturated rings. The van der Waals surface area contributed by atoms with Gasteiger partial charge in [0.25, 0.3) is 0 Å². The topological polar surface area (TPSA) is 60.4 Å². The van der Waals surface area contributed by atoms with Crippen LogP contribution in [0.1, 0.15) is 24.8 Å². The molecule has 0 saturated carbocycles. The molecule has 0 N–H and O–H groups in total. The van der Waals surface area contributed by atoms with Crippen LogP contribution in [-0.2, 0) is 16.1 Å². The van der Waals surface area contributed by atoms with Crippen LogP contribution in [0.5, 0.6) is 0 Å². The maximum absolute atomic E-state index is 6.11. The first-order chi connectivity index (χ1) is 12.3. The summed E-state index contributed by atoms with van der Waals surface area (Å²) in [5.41, 5.74) is 1.17. The Kier molecular flexibility index (Phi) is 4.90. The number of ether oxygens (including phenoxy) is 2. The van der Waals surface area contributed by atoms with Crippen LogP contribution in [-0.4, -0.2) is 46.9 Å². The van der Waals surface area contributed by atoms with Gasteiger partial charge in [0.1, 0.15) is 5.60 Å². The Balaban J connectivity index is 1.21. The van der Waals surface area contributed by atoms with Crippen molar-refractivity contribution in [3.8, 4) is 0 Å². The Morgan fingerprint density at radius 1 is 1.16 bits per heavy atom. The van der Waals surface area contributed by atoms with Gasteiger partial charge in [-0.05, 0) is 48.9 Å². The van der Waals surface area contributed by atoms with Gasteiger partial charge < -0.3 is 14.4 Å². The van der Waals surface area contributed by atoms with Crippen LogP contribution in [0, 0.1) is 5.92 Å². The fourth-order valence-corrected chi connectivity index (χ4v) is 3.76. The van der Waals surface area contributed by atoms with Crippen LogP contribution in [0.3, 0.4) is 0 Å². The molecular weight excluding hydrogens is 316 g/mol. The first-order valence-corrected chi connectivity index (χ1v) is 8.96. The van der Waals surface area contributed by atoms with Gasteiger partial charge in [-0.15, -0.1) is 0 Å². The van der Waals surface area contributed by atoms with Gasteiger partial charge in [-0.25, -0.2) is 9.97 Å². The van der Waals surface area contributed by atoms with E-state index in [0.717, 1.165) is 51.5 Å². The van der Waals surface area contributed by atoms with Crippen molar-refractivity contribution in [1.82, 2.24) is 15.0 Å². The third-order valence-electron chi connectivity index (χ3n) is 5.08. The number of anilines is 1. The molecule has 2 aromatic rings. The predicted octanol–water partition coefficient (Wildman–Crippen LogP) is 2.46. The summed E-state index contributed by atoms with van der Waals surface area (Å²) in [7, 11) is 0. The lowest BCUT2D eigenvalue weighted by Crippen LogP contribution is -2.65. The Hall–Kier alpha value is -2.05. The van der Waals surface area contributed by atoms with E-state index in [1.165, 1.54) is 5.56 Å². The zero-order chi connectivity index (χ0) is 17.0. The molecule has 6 heteroatoms. The molecule has 4 heterocycles. The van der Waals surface area contributed by atoms with E-state index in [1.54, 1.807) is 24.8 Å². The molecule has 2 saturated heterocycles. The molecule has 0 bridgehead atoms. The first-order valence-electron chi connectivity index (χ1n) is 8.96. The van der Waals surface area contributed by atoms with Crippen molar-refractivity contribution in [2.24, 2.45) is 5.92 Å². The summed E-state index contributed by atoms with van der Waals surface area (Å²) in [6, 6.07) is 5.84. The fourth-order valence-electron chi connectivity index (χ4n) is 3.76. The molecule has 1 unspecified atom stereocenters. The van der Waals surface area contributed by atoms with E-state index in [0.29, 0.717) is 12.5 Å². The molecule has 2 aromatic heterocycles. The second-order valence-electron chi connectivity index (χ2n) is 6.99. The summed E-state index contributed by atoms with van der Waals surface area (Å²) in [5.74, 6) is 1.48. The van der Waals surface area contributed by atoms with E-state index < -0.39 is 0 Å². The van der Waals surface area contributed by atoms with Gasteiger partial charge in [-0.3, -0.25) is 4.98 Å². The molecule has 1 atom stereocenters. The maximum Gasteiger partial charge on any atom is 0.225 e. The summed E-state index contributed by atoms with van der Waals surface area (Å²) in [6.45, 7) is 4.10. The van der Waals surface area contributed by atoms with E-state index >= 15 is 0 Å². The number of nitrogens with zero attached hydrogens (tertiary/aromatic N) is 4. The molecule has 2 aliphatic heterocycles. The first kappa shape index (κ1) is 16.4. The highest BCUT2D eigenvalue weighted by Gasteiger charge is 2.48. The standard InChI is InChI=1S/C19H24N4O2/c1-6-21-18(22-7-1)23-14-19(15-23)12-16(5-11-25-19)4-10-24-13-17-2-8-20-9-3-17/h1-3,6-9,16H,4-5,10-15H2. The zero-order valence-electron chi connectivity index (χ0n) is 14.4. The van der Waals surface area contributed by atoms with E-state index in [2.05, 4.69) is 19.9 Å². The molecule has 0 aromatic carbocycles. The van der Waals surface area contributed by atoms with Crippen LogP contribution in [0.15, 0.2) is 43.0 Å². The van der Waals surface area contributed by atoms with Gasteiger partial charge in [-0.1, -0.05) is 0 Å². The second-order valence-corrected chi connectivity index (χ2v) is 6.99. The zero-order valence-corrected chi connectivity index (χ0v) is 14.4. The predicted molar refractivity (Wildman–Crippen MR) is 94.2 cm³/mol. The third-order valence-corrected chi connectivity index (χ3v) is 5.08. The maximum atomic E-state index is 6.11. The SMILES string of the molecule is c1cnc(N2CC3(CC(CCOCc4ccncc4)CCO3)C2)nc1. The van der Waals surface area contributed by atoms with Gasteiger partial charge in [0, 0.05) is 38.0 Å². The molecular formula is C19H24N4O2. The van der Waals surface area contributed by atoms with E-state index in [4.69, 9.17) is 9.47 Å². The Bertz CT molecular complexity index is 662. The summed E-state index contributed by atoms with van der Waals surface area (Å²) < 4.78 is 11.9. The van der Waals surface area contributed by atoms with Crippen molar-refractivity contribution in [2.75, 3.05) is 31.2 Å². The normalized spacial score (nSPS) is 21.9. The molecule has 4 rings (SSSR count).